The van der Waals surface area contributed by atoms with Crippen LogP contribution in [0.15, 0.2) is 71.6 Å². The van der Waals surface area contributed by atoms with Crippen LogP contribution in [0.25, 0.3) is 0 Å². The number of halogens is 2. The highest BCUT2D eigenvalue weighted by atomic mass is 32.1. The monoisotopic (exact) mass is 460 g/mol. The number of hydrogen-bond donors (Lipinski definition) is 1. The molecule has 1 saturated heterocycles. The van der Waals surface area contributed by atoms with E-state index in [-0.39, 0.29) is 24.6 Å². The highest BCUT2D eigenvalue weighted by Crippen LogP contribution is 2.38. The van der Waals surface area contributed by atoms with E-state index in [9.17, 15) is 13.6 Å². The highest BCUT2D eigenvalue weighted by molar-refractivity contribution is 7.80. The third-order valence-corrected chi connectivity index (χ3v) is 5.57. The van der Waals surface area contributed by atoms with Gasteiger partial charge in [0.25, 0.3) is 0 Å². The second-order valence-electron chi connectivity index (χ2n) is 7.06. The van der Waals surface area contributed by atoms with E-state index < -0.39 is 23.7 Å². The number of thiol groups is 1. The number of benzene rings is 3. The lowest BCUT2D eigenvalue weighted by Gasteiger charge is -2.40. The van der Waals surface area contributed by atoms with Crippen LogP contribution >= 0.6 is 21.9 Å². The van der Waals surface area contributed by atoms with Gasteiger partial charge in [-0.25, -0.2) is 13.6 Å². The summed E-state index contributed by atoms with van der Waals surface area (Å²) in [5.41, 5.74) is 1.13. The zero-order valence-corrected chi connectivity index (χ0v) is 18.3. The van der Waals surface area contributed by atoms with Crippen LogP contribution in [0.1, 0.15) is 21.5 Å². The summed E-state index contributed by atoms with van der Waals surface area (Å²) in [4.78, 5) is 12.8. The fourth-order valence-electron chi connectivity index (χ4n) is 3.33. The van der Waals surface area contributed by atoms with E-state index in [0.29, 0.717) is 16.0 Å². The largest absolute Gasteiger partial charge is 0.454 e. The maximum atomic E-state index is 14.0. The van der Waals surface area contributed by atoms with E-state index in [1.54, 1.807) is 12.1 Å². The minimum atomic E-state index is -1.28. The summed E-state index contributed by atoms with van der Waals surface area (Å²) in [5.74, 6) is -3.19. The molecular formula is C23H19F2O4PS. The molecule has 4 nitrogen and oxygen atoms in total. The maximum absolute atomic E-state index is 14.0. The first-order chi connectivity index (χ1) is 14.9. The van der Waals surface area contributed by atoms with E-state index in [4.69, 9.17) is 14.2 Å². The summed E-state index contributed by atoms with van der Waals surface area (Å²) < 4.78 is 45.1. The van der Waals surface area contributed by atoms with Gasteiger partial charge in [-0.15, -0.1) is 21.9 Å². The van der Waals surface area contributed by atoms with Crippen LogP contribution in [0.5, 0.6) is 0 Å². The van der Waals surface area contributed by atoms with Gasteiger partial charge >= 0.3 is 5.97 Å². The SMILES string of the molecule is O=C(OC1COC(c2ccc(F)cc2)(c2ccc(P)cc2)OC1)c1ccc(S)cc1F. The number of hydrogen-bond acceptors (Lipinski definition) is 5. The topological polar surface area (TPSA) is 44.8 Å². The molecule has 0 spiro atoms. The quantitative estimate of drug-likeness (QED) is 0.360. The normalized spacial score (nSPS) is 21.0. The first-order valence-electron chi connectivity index (χ1n) is 9.47. The van der Waals surface area contributed by atoms with Crippen LogP contribution in [0.3, 0.4) is 0 Å². The summed E-state index contributed by atoms with van der Waals surface area (Å²) in [6.07, 6.45) is -0.739. The molecule has 3 aromatic carbocycles. The van der Waals surface area contributed by atoms with Crippen molar-refractivity contribution in [3.05, 3.63) is 95.1 Å². The summed E-state index contributed by atoms with van der Waals surface area (Å²) in [6, 6.07) is 17.3. The lowest BCUT2D eigenvalue weighted by molar-refractivity contribution is -0.277. The Morgan fingerprint density at radius 2 is 1.55 bits per heavy atom. The molecule has 1 aliphatic rings. The maximum Gasteiger partial charge on any atom is 0.341 e. The van der Waals surface area contributed by atoms with Crippen LogP contribution in [0, 0.1) is 11.6 Å². The van der Waals surface area contributed by atoms with Gasteiger partial charge in [-0.05, 0) is 35.6 Å². The van der Waals surface area contributed by atoms with Gasteiger partial charge in [-0.3, -0.25) is 0 Å². The Hall–Kier alpha value is -2.31. The zero-order valence-electron chi connectivity index (χ0n) is 16.3. The average molecular weight is 460 g/mol. The summed E-state index contributed by atoms with van der Waals surface area (Å²) in [6.45, 7) is 0.0238. The Labute approximate surface area is 186 Å². The van der Waals surface area contributed by atoms with Crippen LogP contribution in [0.4, 0.5) is 8.78 Å². The predicted octanol–water partition coefficient (Wildman–Crippen LogP) is 4.23. The zero-order chi connectivity index (χ0) is 22.0. The lowest BCUT2D eigenvalue weighted by atomic mass is 9.96. The van der Waals surface area contributed by atoms with Crippen molar-refractivity contribution < 1.29 is 27.8 Å². The van der Waals surface area contributed by atoms with E-state index in [1.165, 1.54) is 24.3 Å². The Bertz CT molecular complexity index is 1030. The second kappa shape index (κ2) is 9.05. The Morgan fingerprint density at radius 3 is 2.13 bits per heavy atom. The number of rotatable bonds is 4. The molecule has 1 fully saturated rings. The van der Waals surface area contributed by atoms with E-state index in [0.717, 1.165) is 11.4 Å². The standard InChI is InChI=1S/C23H19F2O4PS/c24-16-5-1-14(2-6-16)23(15-3-7-18(30)8-4-15)27-12-17(13-28-23)29-22(26)20-10-9-19(31)11-21(20)25/h1-11,17,31H,12-13,30H2. The minimum absolute atomic E-state index is 0.0119. The smallest absolute Gasteiger partial charge is 0.341 e. The molecule has 3 aromatic rings. The molecule has 4 rings (SSSR count). The summed E-state index contributed by atoms with van der Waals surface area (Å²) in [7, 11) is 2.60. The van der Waals surface area contributed by atoms with Crippen molar-refractivity contribution in [1.82, 2.24) is 0 Å². The van der Waals surface area contributed by atoms with Gasteiger partial charge in [0.2, 0.25) is 5.79 Å². The molecule has 1 heterocycles. The molecule has 1 unspecified atom stereocenters. The highest BCUT2D eigenvalue weighted by Gasteiger charge is 2.42. The van der Waals surface area contributed by atoms with Crippen molar-refractivity contribution in [2.45, 2.75) is 16.8 Å². The minimum Gasteiger partial charge on any atom is -0.454 e. The van der Waals surface area contributed by atoms with E-state index in [1.807, 2.05) is 24.3 Å². The molecular weight excluding hydrogens is 441 g/mol. The third kappa shape index (κ3) is 4.65. The molecule has 1 atom stereocenters. The van der Waals surface area contributed by atoms with Crippen molar-refractivity contribution in [3.63, 3.8) is 0 Å². The molecule has 0 radical (unpaired) electrons. The van der Waals surface area contributed by atoms with E-state index >= 15 is 0 Å². The van der Waals surface area contributed by atoms with Gasteiger partial charge in [0, 0.05) is 16.0 Å². The molecule has 0 amide bonds. The van der Waals surface area contributed by atoms with Crippen LogP contribution < -0.4 is 5.30 Å². The van der Waals surface area contributed by atoms with Gasteiger partial charge in [-0.1, -0.05) is 36.4 Å². The fraction of sp³-hybridized carbons (Fsp3) is 0.174. The molecule has 160 valence electrons. The van der Waals surface area contributed by atoms with Gasteiger partial charge in [-0.2, -0.15) is 0 Å². The van der Waals surface area contributed by atoms with Crippen molar-refractivity contribution >= 4 is 33.1 Å². The molecule has 8 heteroatoms. The predicted molar refractivity (Wildman–Crippen MR) is 118 cm³/mol. The summed E-state index contributed by atoms with van der Waals surface area (Å²) >= 11 is 4.04. The molecule has 1 aliphatic heterocycles. The molecule has 0 aliphatic carbocycles. The van der Waals surface area contributed by atoms with Crippen molar-refractivity contribution in [3.8, 4) is 0 Å². The van der Waals surface area contributed by atoms with Gasteiger partial charge in [0.1, 0.15) is 17.7 Å². The first-order valence-corrected chi connectivity index (χ1v) is 10.5. The fourth-order valence-corrected chi connectivity index (χ4v) is 3.72. The Kier molecular flexibility index (Phi) is 6.39. The number of esters is 1. The van der Waals surface area contributed by atoms with E-state index in [2.05, 4.69) is 21.9 Å². The Morgan fingerprint density at radius 1 is 0.968 bits per heavy atom. The second-order valence-corrected chi connectivity index (χ2v) is 8.24. The van der Waals surface area contributed by atoms with Gasteiger partial charge in [0.05, 0.1) is 18.8 Å². The van der Waals surface area contributed by atoms with Crippen LogP contribution in [-0.2, 0) is 20.0 Å². The average Bonchev–Trinajstić information content (AvgIpc) is 2.75. The van der Waals surface area contributed by atoms with Crippen LogP contribution in [0.2, 0.25) is 0 Å². The van der Waals surface area contributed by atoms with Gasteiger partial charge < -0.3 is 14.2 Å². The third-order valence-electron chi connectivity index (χ3n) is 4.91. The molecule has 0 N–H and O–H groups in total. The van der Waals surface area contributed by atoms with Crippen molar-refractivity contribution in [1.29, 1.82) is 0 Å². The number of carbonyl (C=O) groups is 1. The summed E-state index contributed by atoms with van der Waals surface area (Å²) in [5, 5.41) is 0.981. The molecule has 0 aromatic heterocycles. The van der Waals surface area contributed by atoms with Crippen molar-refractivity contribution in [2.75, 3.05) is 13.2 Å². The van der Waals surface area contributed by atoms with Crippen LogP contribution in [-0.4, -0.2) is 25.3 Å². The first kappa shape index (κ1) is 21.9. The molecule has 0 saturated carbocycles. The van der Waals surface area contributed by atoms with Crippen molar-refractivity contribution in [2.24, 2.45) is 0 Å². The Balaban J connectivity index is 1.55. The number of ether oxygens (including phenoxy) is 3. The van der Waals surface area contributed by atoms with Gasteiger partial charge in [0.15, 0.2) is 0 Å². The lowest BCUT2D eigenvalue weighted by Crippen LogP contribution is -2.46. The molecule has 0 bridgehead atoms. The number of carbonyl (C=O) groups excluding carboxylic acids is 1. The molecule has 31 heavy (non-hydrogen) atoms.